The lowest BCUT2D eigenvalue weighted by atomic mass is 9.87. The number of pyridine rings is 1. The molecule has 4 rings (SSSR count). The van der Waals surface area contributed by atoms with Gasteiger partial charge in [0.25, 0.3) is 5.92 Å². The van der Waals surface area contributed by atoms with Crippen LogP contribution in [0, 0.1) is 22.7 Å². The molecular formula is C23H20F5N5O3. The standard InChI is InChI=1S/C23H20F5N5O3/c1-13(32-7-4-23(27,28)16(12-32)14-2-5-33(35)6-3-14)22(34)31-19-10-30-20(11-29-19)36-21-17(25)8-15(24)9-18(21)26/h2-3,5-6,8-11,13,16H,4,7,12H2,1H3,(H,29,31,34). The number of alkyl halides is 2. The molecule has 0 bridgehead atoms. The second-order valence-electron chi connectivity index (χ2n) is 8.26. The van der Waals surface area contributed by atoms with Gasteiger partial charge in [-0.1, -0.05) is 0 Å². The van der Waals surface area contributed by atoms with E-state index in [0.29, 0.717) is 22.4 Å². The summed E-state index contributed by atoms with van der Waals surface area (Å²) >= 11 is 0. The molecule has 1 aromatic carbocycles. The van der Waals surface area contributed by atoms with Crippen molar-refractivity contribution in [1.82, 2.24) is 14.9 Å². The minimum atomic E-state index is -3.01. The number of nitrogens with one attached hydrogen (secondary N) is 1. The Balaban J connectivity index is 1.40. The zero-order valence-corrected chi connectivity index (χ0v) is 18.8. The Morgan fingerprint density at radius 3 is 2.47 bits per heavy atom. The predicted octanol–water partition coefficient (Wildman–Crippen LogP) is 3.77. The Hall–Kier alpha value is -3.87. The summed E-state index contributed by atoms with van der Waals surface area (Å²) in [6, 6.07) is 2.75. The SMILES string of the molecule is CC(C(=O)Nc1cnc(Oc2c(F)cc(F)cc2F)cn1)N1CCC(F)(F)C(c2cc[n+]([O-])cc2)C1. The van der Waals surface area contributed by atoms with Crippen LogP contribution in [-0.2, 0) is 4.79 Å². The average Bonchev–Trinajstić information content (AvgIpc) is 2.82. The number of halogens is 5. The first-order valence-corrected chi connectivity index (χ1v) is 10.8. The van der Waals surface area contributed by atoms with Crippen LogP contribution in [0.1, 0.15) is 24.8 Å². The smallest absolute Gasteiger partial charge is 0.257 e. The number of amides is 1. The lowest BCUT2D eigenvalue weighted by molar-refractivity contribution is -0.605. The van der Waals surface area contributed by atoms with Gasteiger partial charge in [-0.25, -0.2) is 31.9 Å². The van der Waals surface area contributed by atoms with Crippen molar-refractivity contribution in [3.63, 3.8) is 0 Å². The van der Waals surface area contributed by atoms with Crippen LogP contribution in [0.3, 0.4) is 0 Å². The van der Waals surface area contributed by atoms with Crippen molar-refractivity contribution in [2.75, 3.05) is 18.4 Å². The van der Waals surface area contributed by atoms with Gasteiger partial charge in [0.05, 0.1) is 24.4 Å². The molecule has 0 spiro atoms. The zero-order chi connectivity index (χ0) is 26.0. The van der Waals surface area contributed by atoms with E-state index < -0.39 is 53.4 Å². The maximum absolute atomic E-state index is 14.6. The van der Waals surface area contributed by atoms with E-state index in [9.17, 15) is 32.0 Å². The lowest BCUT2D eigenvalue weighted by Crippen LogP contribution is -2.52. The topological polar surface area (TPSA) is 94.3 Å². The summed E-state index contributed by atoms with van der Waals surface area (Å²) in [4.78, 5) is 22.1. The number of ether oxygens (including phenoxy) is 1. The number of benzene rings is 1. The molecule has 3 aromatic rings. The van der Waals surface area contributed by atoms with Gasteiger partial charge in [0.15, 0.2) is 29.8 Å². The fraction of sp³-hybridized carbons (Fsp3) is 0.304. The van der Waals surface area contributed by atoms with Crippen molar-refractivity contribution in [3.8, 4) is 11.6 Å². The summed E-state index contributed by atoms with van der Waals surface area (Å²) in [6.07, 6.45) is 3.90. The Kier molecular flexibility index (Phi) is 7.02. The van der Waals surface area contributed by atoms with Gasteiger partial charge in [-0.15, -0.1) is 0 Å². The number of rotatable bonds is 6. The molecule has 190 valence electrons. The third kappa shape index (κ3) is 5.51. The van der Waals surface area contributed by atoms with E-state index in [1.54, 1.807) is 11.8 Å². The van der Waals surface area contributed by atoms with Gasteiger partial charge < -0.3 is 15.3 Å². The van der Waals surface area contributed by atoms with E-state index in [4.69, 9.17) is 4.74 Å². The number of carbonyl (C=O) groups excluding carboxylic acids is 1. The molecule has 8 nitrogen and oxygen atoms in total. The predicted molar refractivity (Wildman–Crippen MR) is 116 cm³/mol. The van der Waals surface area contributed by atoms with Crippen molar-refractivity contribution in [1.29, 1.82) is 0 Å². The van der Waals surface area contributed by atoms with Crippen LogP contribution in [0.25, 0.3) is 0 Å². The Labute approximate surface area is 201 Å². The molecule has 1 aliphatic heterocycles. The number of likely N-dealkylation sites (tertiary alicyclic amines) is 1. The van der Waals surface area contributed by atoms with Gasteiger partial charge in [0.1, 0.15) is 5.82 Å². The number of aromatic nitrogens is 3. The van der Waals surface area contributed by atoms with E-state index in [-0.39, 0.29) is 24.8 Å². The molecule has 2 aromatic heterocycles. The van der Waals surface area contributed by atoms with Crippen molar-refractivity contribution in [2.24, 2.45) is 0 Å². The lowest BCUT2D eigenvalue weighted by Gasteiger charge is -2.40. The molecule has 13 heteroatoms. The molecule has 2 atom stereocenters. The first-order chi connectivity index (χ1) is 17.0. The highest BCUT2D eigenvalue weighted by Gasteiger charge is 2.46. The molecule has 2 unspecified atom stereocenters. The van der Waals surface area contributed by atoms with E-state index >= 15 is 0 Å². The molecule has 1 fully saturated rings. The van der Waals surface area contributed by atoms with Crippen molar-refractivity contribution in [2.45, 2.75) is 31.2 Å². The molecule has 0 radical (unpaired) electrons. The van der Waals surface area contributed by atoms with Gasteiger partial charge in [0.2, 0.25) is 17.5 Å². The average molecular weight is 509 g/mol. The summed E-state index contributed by atoms with van der Waals surface area (Å²) in [5, 5.41) is 13.8. The Bertz CT molecular complexity index is 1220. The van der Waals surface area contributed by atoms with E-state index in [1.807, 2.05) is 0 Å². The molecule has 1 saturated heterocycles. The largest absolute Gasteiger partial charge is 0.619 e. The highest BCUT2D eigenvalue weighted by Crippen LogP contribution is 2.40. The number of piperidine rings is 1. The molecule has 1 aliphatic rings. The van der Waals surface area contributed by atoms with Crippen LogP contribution in [0.5, 0.6) is 11.6 Å². The molecule has 0 saturated carbocycles. The third-order valence-corrected chi connectivity index (χ3v) is 5.87. The van der Waals surface area contributed by atoms with E-state index in [1.165, 1.54) is 12.1 Å². The Morgan fingerprint density at radius 2 is 1.86 bits per heavy atom. The summed E-state index contributed by atoms with van der Waals surface area (Å²) in [7, 11) is 0. The van der Waals surface area contributed by atoms with Gasteiger partial charge in [-0.3, -0.25) is 9.69 Å². The quantitative estimate of drug-likeness (QED) is 0.309. The van der Waals surface area contributed by atoms with Crippen molar-refractivity contribution >= 4 is 11.7 Å². The number of hydrogen-bond donors (Lipinski definition) is 1. The highest BCUT2D eigenvalue weighted by atomic mass is 19.3. The second kappa shape index (κ2) is 10.0. The van der Waals surface area contributed by atoms with Crippen LogP contribution in [0.15, 0.2) is 49.1 Å². The highest BCUT2D eigenvalue weighted by molar-refractivity contribution is 5.93. The fourth-order valence-corrected chi connectivity index (χ4v) is 3.84. The first kappa shape index (κ1) is 25.2. The van der Waals surface area contributed by atoms with Crippen LogP contribution in [0.2, 0.25) is 0 Å². The van der Waals surface area contributed by atoms with Gasteiger partial charge in [-0.05, 0) is 12.5 Å². The van der Waals surface area contributed by atoms with Crippen molar-refractivity contribution < 1.29 is 36.2 Å². The van der Waals surface area contributed by atoms with Crippen molar-refractivity contribution in [3.05, 3.63) is 77.3 Å². The number of hydrogen-bond acceptors (Lipinski definition) is 6. The van der Waals surface area contributed by atoms with Gasteiger partial charge in [0, 0.05) is 43.8 Å². The van der Waals surface area contributed by atoms with Gasteiger partial charge >= 0.3 is 0 Å². The zero-order valence-electron chi connectivity index (χ0n) is 18.8. The normalized spacial score (nSPS) is 18.4. The summed E-state index contributed by atoms with van der Waals surface area (Å²) < 4.78 is 75.2. The number of nitrogens with zero attached hydrogens (tertiary/aromatic N) is 4. The minimum Gasteiger partial charge on any atom is -0.619 e. The van der Waals surface area contributed by atoms with E-state index in [2.05, 4.69) is 15.3 Å². The van der Waals surface area contributed by atoms with Crippen LogP contribution >= 0.6 is 0 Å². The first-order valence-electron chi connectivity index (χ1n) is 10.8. The summed E-state index contributed by atoms with van der Waals surface area (Å²) in [5.41, 5.74) is 0.292. The minimum absolute atomic E-state index is 0.0128. The van der Waals surface area contributed by atoms with Crippen LogP contribution in [-0.4, -0.2) is 45.8 Å². The maximum Gasteiger partial charge on any atom is 0.257 e. The molecule has 0 aliphatic carbocycles. The molecule has 1 N–H and O–H groups in total. The van der Waals surface area contributed by atoms with Crippen LogP contribution in [0.4, 0.5) is 27.8 Å². The van der Waals surface area contributed by atoms with E-state index in [0.717, 1.165) is 24.8 Å². The molecular weight excluding hydrogens is 489 g/mol. The molecule has 3 heterocycles. The Morgan fingerprint density at radius 1 is 1.19 bits per heavy atom. The summed E-state index contributed by atoms with van der Waals surface area (Å²) in [5.74, 6) is -9.59. The van der Waals surface area contributed by atoms with Gasteiger partial charge in [-0.2, -0.15) is 4.73 Å². The molecule has 1 amide bonds. The monoisotopic (exact) mass is 509 g/mol. The third-order valence-electron chi connectivity index (χ3n) is 5.87. The number of anilines is 1. The number of carbonyl (C=O) groups is 1. The van der Waals surface area contributed by atoms with Crippen LogP contribution < -0.4 is 14.8 Å². The summed E-state index contributed by atoms with van der Waals surface area (Å²) in [6.45, 7) is 1.41. The fourth-order valence-electron chi connectivity index (χ4n) is 3.84. The second-order valence-corrected chi connectivity index (χ2v) is 8.26. The molecule has 36 heavy (non-hydrogen) atoms. The maximum atomic E-state index is 14.6.